The zero-order chi connectivity index (χ0) is 19.9. The molecule has 1 amide bonds. The number of rotatable bonds is 6. The molecule has 2 aromatic carbocycles. The third-order valence-electron chi connectivity index (χ3n) is 4.90. The highest BCUT2D eigenvalue weighted by Gasteiger charge is 2.14. The van der Waals surface area contributed by atoms with Gasteiger partial charge in [-0.3, -0.25) is 4.79 Å². The van der Waals surface area contributed by atoms with Crippen LogP contribution in [0.1, 0.15) is 35.2 Å². The van der Waals surface area contributed by atoms with Gasteiger partial charge in [-0.25, -0.2) is 9.97 Å². The maximum absolute atomic E-state index is 12.5. The Balaban J connectivity index is 1.32. The van der Waals surface area contributed by atoms with Crippen LogP contribution in [0.2, 0.25) is 0 Å². The topological polar surface area (TPSA) is 67.3 Å². The molecule has 148 valence electrons. The van der Waals surface area contributed by atoms with Crippen molar-refractivity contribution in [2.75, 3.05) is 23.3 Å². The van der Waals surface area contributed by atoms with Crippen molar-refractivity contribution in [1.29, 1.82) is 0 Å². The first-order chi connectivity index (χ1) is 14.3. The van der Waals surface area contributed by atoms with Crippen molar-refractivity contribution >= 4 is 17.5 Å². The Morgan fingerprint density at radius 3 is 2.31 bits per heavy atom. The van der Waals surface area contributed by atoms with E-state index in [0.717, 1.165) is 37.2 Å². The fourth-order valence-corrected chi connectivity index (χ4v) is 3.27. The van der Waals surface area contributed by atoms with Crippen LogP contribution in [0.4, 0.5) is 11.6 Å². The zero-order valence-corrected chi connectivity index (χ0v) is 16.3. The highest BCUT2D eigenvalue weighted by molar-refractivity contribution is 6.03. The van der Waals surface area contributed by atoms with E-state index in [1.807, 2.05) is 54.6 Å². The molecule has 0 saturated carbocycles. The Kier molecular flexibility index (Phi) is 6.00. The van der Waals surface area contributed by atoms with E-state index in [4.69, 9.17) is 4.74 Å². The molecule has 29 heavy (non-hydrogen) atoms. The number of carbonyl (C=O) groups excluding carboxylic acids is 1. The molecule has 3 aromatic rings. The molecule has 1 N–H and O–H groups in total. The van der Waals surface area contributed by atoms with Crippen LogP contribution < -0.4 is 15.0 Å². The molecule has 0 bridgehead atoms. The van der Waals surface area contributed by atoms with E-state index in [9.17, 15) is 4.79 Å². The number of anilines is 2. The molecule has 0 unspecified atom stereocenters. The summed E-state index contributed by atoms with van der Waals surface area (Å²) in [6.45, 7) is 2.46. The van der Waals surface area contributed by atoms with E-state index in [-0.39, 0.29) is 5.91 Å². The summed E-state index contributed by atoms with van der Waals surface area (Å²) in [5.41, 5.74) is 2.25. The second kappa shape index (κ2) is 9.19. The molecule has 0 spiro atoms. The Hall–Kier alpha value is -3.41. The Bertz CT molecular complexity index is 921. The van der Waals surface area contributed by atoms with Crippen LogP contribution in [0.25, 0.3) is 0 Å². The van der Waals surface area contributed by atoms with Gasteiger partial charge in [0.1, 0.15) is 12.4 Å². The number of ether oxygens (including phenoxy) is 1. The smallest absolute Gasteiger partial charge is 0.258 e. The molecule has 1 fully saturated rings. The molecular weight excluding hydrogens is 364 g/mol. The number of hydrogen-bond donors (Lipinski definition) is 1. The fraction of sp³-hybridized carbons (Fsp3) is 0.261. The first-order valence-corrected chi connectivity index (χ1v) is 9.93. The number of nitrogens with zero attached hydrogens (tertiary/aromatic N) is 3. The standard InChI is InChI=1S/C23H24N4O2/c28-22(19-15-24-23(25-16-19)27-13-5-2-6-14-27)26-20-9-11-21(12-10-20)29-17-18-7-3-1-4-8-18/h1,3-4,7-12,15-16H,2,5-6,13-14,17H2,(H,26,28). The van der Waals surface area contributed by atoms with E-state index in [2.05, 4.69) is 20.2 Å². The average Bonchev–Trinajstić information content (AvgIpc) is 2.80. The number of nitrogens with one attached hydrogen (secondary N) is 1. The van der Waals surface area contributed by atoms with Crippen molar-refractivity contribution in [2.24, 2.45) is 0 Å². The van der Waals surface area contributed by atoms with Crippen molar-refractivity contribution in [3.05, 3.63) is 78.1 Å². The van der Waals surface area contributed by atoms with Crippen LogP contribution in [0.15, 0.2) is 67.0 Å². The van der Waals surface area contributed by atoms with Gasteiger partial charge in [0.15, 0.2) is 0 Å². The molecule has 6 heteroatoms. The van der Waals surface area contributed by atoms with Gasteiger partial charge in [0, 0.05) is 31.2 Å². The number of piperidine rings is 1. The number of carbonyl (C=O) groups is 1. The van der Waals surface area contributed by atoms with E-state index < -0.39 is 0 Å². The molecule has 6 nitrogen and oxygen atoms in total. The average molecular weight is 388 g/mol. The predicted molar refractivity (Wildman–Crippen MR) is 113 cm³/mol. The summed E-state index contributed by atoms with van der Waals surface area (Å²) in [5.74, 6) is 1.22. The van der Waals surface area contributed by atoms with Crippen LogP contribution in [-0.4, -0.2) is 29.0 Å². The molecule has 1 aromatic heterocycles. The van der Waals surface area contributed by atoms with Crippen LogP contribution >= 0.6 is 0 Å². The lowest BCUT2D eigenvalue weighted by Crippen LogP contribution is -2.31. The van der Waals surface area contributed by atoms with Gasteiger partial charge >= 0.3 is 0 Å². The second-order valence-electron chi connectivity index (χ2n) is 7.07. The molecule has 0 atom stereocenters. The minimum absolute atomic E-state index is 0.229. The monoisotopic (exact) mass is 388 g/mol. The maximum Gasteiger partial charge on any atom is 0.258 e. The molecule has 4 rings (SSSR count). The lowest BCUT2D eigenvalue weighted by atomic mass is 10.1. The lowest BCUT2D eigenvalue weighted by molar-refractivity contribution is 0.102. The Morgan fingerprint density at radius 1 is 0.931 bits per heavy atom. The van der Waals surface area contributed by atoms with Crippen LogP contribution in [-0.2, 0) is 6.61 Å². The molecule has 1 saturated heterocycles. The van der Waals surface area contributed by atoms with Gasteiger partial charge in [0.05, 0.1) is 5.56 Å². The Morgan fingerprint density at radius 2 is 1.62 bits per heavy atom. The first-order valence-electron chi connectivity index (χ1n) is 9.93. The lowest BCUT2D eigenvalue weighted by Gasteiger charge is -2.26. The van der Waals surface area contributed by atoms with Crippen molar-refractivity contribution in [3.8, 4) is 5.75 Å². The third-order valence-corrected chi connectivity index (χ3v) is 4.90. The molecule has 1 aliphatic heterocycles. The fourth-order valence-electron chi connectivity index (χ4n) is 3.27. The summed E-state index contributed by atoms with van der Waals surface area (Å²) >= 11 is 0. The zero-order valence-electron chi connectivity index (χ0n) is 16.3. The molecule has 0 radical (unpaired) electrons. The summed E-state index contributed by atoms with van der Waals surface area (Å²) in [6.07, 6.45) is 6.76. The minimum atomic E-state index is -0.229. The summed E-state index contributed by atoms with van der Waals surface area (Å²) in [5, 5.41) is 2.87. The van der Waals surface area contributed by atoms with Gasteiger partial charge in [0.25, 0.3) is 5.91 Å². The quantitative estimate of drug-likeness (QED) is 0.682. The van der Waals surface area contributed by atoms with Gasteiger partial charge in [-0.05, 0) is 49.1 Å². The van der Waals surface area contributed by atoms with Crippen LogP contribution in [0, 0.1) is 0 Å². The number of benzene rings is 2. The van der Waals surface area contributed by atoms with Gasteiger partial charge in [0.2, 0.25) is 5.95 Å². The number of hydrogen-bond acceptors (Lipinski definition) is 5. The summed E-state index contributed by atoms with van der Waals surface area (Å²) in [6, 6.07) is 17.3. The SMILES string of the molecule is O=C(Nc1ccc(OCc2ccccc2)cc1)c1cnc(N2CCCCC2)nc1. The normalized spacial score (nSPS) is 13.7. The van der Waals surface area contributed by atoms with Crippen molar-refractivity contribution < 1.29 is 9.53 Å². The molecule has 2 heterocycles. The predicted octanol–water partition coefficient (Wildman–Crippen LogP) is 4.30. The van der Waals surface area contributed by atoms with Crippen molar-refractivity contribution in [2.45, 2.75) is 25.9 Å². The third kappa shape index (κ3) is 5.10. The van der Waals surface area contributed by atoms with Crippen LogP contribution in [0.5, 0.6) is 5.75 Å². The second-order valence-corrected chi connectivity index (χ2v) is 7.07. The largest absolute Gasteiger partial charge is 0.489 e. The van der Waals surface area contributed by atoms with E-state index in [1.165, 1.54) is 6.42 Å². The van der Waals surface area contributed by atoms with Crippen molar-refractivity contribution in [1.82, 2.24) is 9.97 Å². The van der Waals surface area contributed by atoms with Gasteiger partial charge in [-0.2, -0.15) is 0 Å². The molecular formula is C23H24N4O2. The minimum Gasteiger partial charge on any atom is -0.489 e. The Labute approximate surface area is 170 Å². The first kappa shape index (κ1) is 18.9. The summed E-state index contributed by atoms with van der Waals surface area (Å²) in [7, 11) is 0. The molecule has 0 aliphatic carbocycles. The summed E-state index contributed by atoms with van der Waals surface area (Å²) in [4.78, 5) is 23.4. The van der Waals surface area contributed by atoms with Crippen molar-refractivity contribution in [3.63, 3.8) is 0 Å². The molecule has 1 aliphatic rings. The highest BCUT2D eigenvalue weighted by atomic mass is 16.5. The van der Waals surface area contributed by atoms with Crippen LogP contribution in [0.3, 0.4) is 0 Å². The summed E-state index contributed by atoms with van der Waals surface area (Å²) < 4.78 is 5.77. The highest BCUT2D eigenvalue weighted by Crippen LogP contribution is 2.18. The van der Waals surface area contributed by atoms with E-state index in [1.54, 1.807) is 12.4 Å². The number of aromatic nitrogens is 2. The maximum atomic E-state index is 12.5. The van der Waals surface area contributed by atoms with Gasteiger partial charge in [-0.1, -0.05) is 30.3 Å². The van der Waals surface area contributed by atoms with Gasteiger partial charge < -0.3 is 15.0 Å². The van der Waals surface area contributed by atoms with Gasteiger partial charge in [-0.15, -0.1) is 0 Å². The van der Waals surface area contributed by atoms with E-state index >= 15 is 0 Å². The van der Waals surface area contributed by atoms with E-state index in [0.29, 0.717) is 23.8 Å². The number of amides is 1.